The molecule has 0 bridgehead atoms. The van der Waals surface area contributed by atoms with Crippen LogP contribution < -0.4 is 5.32 Å². The van der Waals surface area contributed by atoms with Crippen LogP contribution >= 0.6 is 11.6 Å². The fourth-order valence-corrected chi connectivity index (χ4v) is 1.76. The van der Waals surface area contributed by atoms with E-state index in [0.29, 0.717) is 5.38 Å². The summed E-state index contributed by atoms with van der Waals surface area (Å²) in [5.41, 5.74) is 1.42. The van der Waals surface area contributed by atoms with Gasteiger partial charge in [0.1, 0.15) is 0 Å². The smallest absolute Gasteiger partial charge is 0.0345 e. The van der Waals surface area contributed by atoms with Gasteiger partial charge in [-0.3, -0.25) is 0 Å². The summed E-state index contributed by atoms with van der Waals surface area (Å²) in [6.45, 7) is 4.26. The lowest BCUT2D eigenvalue weighted by Crippen LogP contribution is -2.19. The molecule has 0 spiro atoms. The molecule has 0 aliphatic rings. The summed E-state index contributed by atoms with van der Waals surface area (Å²) in [5, 5.41) is 3.77. The van der Waals surface area contributed by atoms with E-state index in [1.165, 1.54) is 12.0 Å². The Morgan fingerprint density at radius 3 is 2.62 bits per heavy atom. The van der Waals surface area contributed by atoms with Crippen LogP contribution in [-0.4, -0.2) is 18.5 Å². The average molecular weight is 240 g/mol. The molecule has 1 atom stereocenters. The minimum absolute atomic E-state index is 0.335. The fraction of sp³-hybridized carbons (Fsp3) is 0.571. The molecule has 0 aliphatic carbocycles. The first kappa shape index (κ1) is 13.5. The number of halogens is 1. The number of benzene rings is 1. The van der Waals surface area contributed by atoms with Crippen molar-refractivity contribution >= 4 is 11.6 Å². The molecule has 0 saturated heterocycles. The zero-order valence-electron chi connectivity index (χ0n) is 10.1. The second-order valence-electron chi connectivity index (χ2n) is 4.13. The molecular weight excluding hydrogens is 218 g/mol. The third kappa shape index (κ3) is 6.14. The van der Waals surface area contributed by atoms with E-state index < -0.39 is 0 Å². The maximum Gasteiger partial charge on any atom is 0.0345 e. The molecule has 0 aromatic heterocycles. The molecule has 90 valence electrons. The Labute approximate surface area is 104 Å². The molecule has 16 heavy (non-hydrogen) atoms. The molecule has 0 amide bonds. The minimum atomic E-state index is 0.335. The second-order valence-corrected chi connectivity index (χ2v) is 4.75. The second kappa shape index (κ2) is 8.60. The summed E-state index contributed by atoms with van der Waals surface area (Å²) in [6.07, 6.45) is 4.49. The molecule has 0 radical (unpaired) electrons. The Bertz CT molecular complexity index is 261. The van der Waals surface area contributed by atoms with Crippen LogP contribution in [0.5, 0.6) is 0 Å². The number of hydrogen-bond acceptors (Lipinski definition) is 1. The van der Waals surface area contributed by atoms with Gasteiger partial charge in [-0.15, -0.1) is 11.6 Å². The maximum absolute atomic E-state index is 6.03. The monoisotopic (exact) mass is 239 g/mol. The standard InChI is InChI=1S/C14H22ClN/c1-2-14(15)10-12-16-11-6-9-13-7-4-3-5-8-13/h3-5,7-8,14,16H,2,6,9-12H2,1H3. The first-order chi connectivity index (χ1) is 7.83. The molecule has 2 heteroatoms. The number of rotatable bonds is 8. The van der Waals surface area contributed by atoms with Crippen LogP contribution in [0.15, 0.2) is 30.3 Å². The van der Waals surface area contributed by atoms with Crippen LogP contribution in [0.1, 0.15) is 31.7 Å². The van der Waals surface area contributed by atoms with E-state index in [1.54, 1.807) is 0 Å². The largest absolute Gasteiger partial charge is 0.317 e. The average Bonchev–Trinajstić information content (AvgIpc) is 2.34. The molecule has 1 N–H and O–H groups in total. The number of nitrogens with one attached hydrogen (secondary N) is 1. The molecule has 0 fully saturated rings. The first-order valence-corrected chi connectivity index (χ1v) is 6.65. The predicted molar refractivity (Wildman–Crippen MR) is 72.2 cm³/mol. The van der Waals surface area contributed by atoms with E-state index in [4.69, 9.17) is 11.6 Å². The predicted octanol–water partition coefficient (Wildman–Crippen LogP) is 3.62. The number of aryl methyl sites for hydroxylation is 1. The van der Waals surface area contributed by atoms with Crippen LogP contribution in [-0.2, 0) is 6.42 Å². The van der Waals surface area contributed by atoms with Gasteiger partial charge in [0.2, 0.25) is 0 Å². The van der Waals surface area contributed by atoms with E-state index >= 15 is 0 Å². The van der Waals surface area contributed by atoms with Crippen LogP contribution in [0, 0.1) is 0 Å². The van der Waals surface area contributed by atoms with Crippen molar-refractivity contribution in [1.29, 1.82) is 0 Å². The lowest BCUT2D eigenvalue weighted by Gasteiger charge is -2.07. The van der Waals surface area contributed by atoms with Gasteiger partial charge in [0, 0.05) is 5.38 Å². The zero-order valence-corrected chi connectivity index (χ0v) is 10.8. The summed E-state index contributed by atoms with van der Waals surface area (Å²) < 4.78 is 0. The molecule has 0 saturated carbocycles. The van der Waals surface area contributed by atoms with Crippen LogP contribution in [0.4, 0.5) is 0 Å². The molecule has 1 aromatic carbocycles. The normalized spacial score (nSPS) is 12.6. The zero-order chi connectivity index (χ0) is 11.6. The summed E-state index contributed by atoms with van der Waals surface area (Å²) >= 11 is 6.03. The van der Waals surface area contributed by atoms with Crippen molar-refractivity contribution in [2.24, 2.45) is 0 Å². The van der Waals surface area contributed by atoms with Crippen molar-refractivity contribution in [3.63, 3.8) is 0 Å². The topological polar surface area (TPSA) is 12.0 Å². The Morgan fingerprint density at radius 2 is 1.94 bits per heavy atom. The summed E-state index contributed by atoms with van der Waals surface area (Å²) in [5.74, 6) is 0. The van der Waals surface area contributed by atoms with E-state index in [0.717, 1.165) is 32.4 Å². The Morgan fingerprint density at radius 1 is 1.19 bits per heavy atom. The molecule has 1 rings (SSSR count). The Kier molecular flexibility index (Phi) is 7.28. The Hall–Kier alpha value is -0.530. The van der Waals surface area contributed by atoms with Gasteiger partial charge < -0.3 is 5.32 Å². The lowest BCUT2D eigenvalue weighted by molar-refractivity contribution is 0.603. The molecule has 1 unspecified atom stereocenters. The molecular formula is C14H22ClN. The summed E-state index contributed by atoms with van der Waals surface area (Å²) in [7, 11) is 0. The van der Waals surface area contributed by atoms with Gasteiger partial charge >= 0.3 is 0 Å². The van der Waals surface area contributed by atoms with E-state index in [1.807, 2.05) is 0 Å². The van der Waals surface area contributed by atoms with Gasteiger partial charge in [0.15, 0.2) is 0 Å². The third-order valence-electron chi connectivity index (χ3n) is 2.74. The molecule has 0 aliphatic heterocycles. The van der Waals surface area contributed by atoms with Crippen LogP contribution in [0.3, 0.4) is 0 Å². The molecule has 1 nitrogen and oxygen atoms in total. The van der Waals surface area contributed by atoms with Gasteiger partial charge in [-0.25, -0.2) is 0 Å². The highest BCUT2D eigenvalue weighted by Gasteiger charge is 1.99. The van der Waals surface area contributed by atoms with Gasteiger partial charge in [0.25, 0.3) is 0 Å². The van der Waals surface area contributed by atoms with Gasteiger partial charge in [-0.05, 0) is 44.3 Å². The van der Waals surface area contributed by atoms with Crippen LogP contribution in [0.25, 0.3) is 0 Å². The summed E-state index contributed by atoms with van der Waals surface area (Å²) in [6, 6.07) is 10.6. The first-order valence-electron chi connectivity index (χ1n) is 6.21. The van der Waals surface area contributed by atoms with Crippen LogP contribution in [0.2, 0.25) is 0 Å². The molecule has 0 heterocycles. The van der Waals surface area contributed by atoms with Gasteiger partial charge in [-0.2, -0.15) is 0 Å². The van der Waals surface area contributed by atoms with E-state index in [-0.39, 0.29) is 0 Å². The number of alkyl halides is 1. The SMILES string of the molecule is CCC(Cl)CCNCCCc1ccccc1. The maximum atomic E-state index is 6.03. The number of hydrogen-bond donors (Lipinski definition) is 1. The lowest BCUT2D eigenvalue weighted by atomic mass is 10.1. The van der Waals surface area contributed by atoms with E-state index in [2.05, 4.69) is 42.6 Å². The van der Waals surface area contributed by atoms with Crippen molar-refractivity contribution in [1.82, 2.24) is 5.32 Å². The highest BCUT2D eigenvalue weighted by molar-refractivity contribution is 6.20. The van der Waals surface area contributed by atoms with E-state index in [9.17, 15) is 0 Å². The quantitative estimate of drug-likeness (QED) is 0.540. The van der Waals surface area contributed by atoms with Crippen molar-refractivity contribution in [3.05, 3.63) is 35.9 Å². The van der Waals surface area contributed by atoms with Crippen molar-refractivity contribution in [3.8, 4) is 0 Å². The van der Waals surface area contributed by atoms with Gasteiger partial charge in [-0.1, -0.05) is 37.3 Å². The third-order valence-corrected chi connectivity index (χ3v) is 3.27. The molecule has 1 aromatic rings. The van der Waals surface area contributed by atoms with Gasteiger partial charge in [0.05, 0.1) is 0 Å². The van der Waals surface area contributed by atoms with Crippen molar-refractivity contribution < 1.29 is 0 Å². The highest BCUT2D eigenvalue weighted by atomic mass is 35.5. The van der Waals surface area contributed by atoms with Crippen molar-refractivity contribution in [2.45, 2.75) is 38.0 Å². The Balaban J connectivity index is 1.96. The summed E-state index contributed by atoms with van der Waals surface area (Å²) in [4.78, 5) is 0. The highest BCUT2D eigenvalue weighted by Crippen LogP contribution is 2.05. The minimum Gasteiger partial charge on any atom is -0.317 e. The fourth-order valence-electron chi connectivity index (χ4n) is 1.65. The van der Waals surface area contributed by atoms with Crippen molar-refractivity contribution in [2.75, 3.05) is 13.1 Å².